The van der Waals surface area contributed by atoms with E-state index in [4.69, 9.17) is 0 Å². The Hall–Kier alpha value is -3.07. The van der Waals surface area contributed by atoms with E-state index in [9.17, 15) is 33.4 Å². The van der Waals surface area contributed by atoms with Crippen LogP contribution in [0.3, 0.4) is 0 Å². The van der Waals surface area contributed by atoms with Crippen molar-refractivity contribution < 1.29 is 28.6 Å². The molecule has 3 N–H and O–H groups in total. The van der Waals surface area contributed by atoms with Gasteiger partial charge in [0.25, 0.3) is 5.91 Å². The number of Topliss-reactive ketones (excluding diaryl/α,β-unsaturated/α-hetero) is 1. The highest BCUT2D eigenvalue weighted by molar-refractivity contribution is 6.04. The van der Waals surface area contributed by atoms with Gasteiger partial charge in [-0.25, -0.2) is 8.78 Å². The molecule has 1 aromatic heterocycles. The molecule has 0 bridgehead atoms. The van der Waals surface area contributed by atoms with Crippen molar-refractivity contribution in [2.45, 2.75) is 57.7 Å². The van der Waals surface area contributed by atoms with E-state index in [0.29, 0.717) is 18.9 Å². The molecule has 1 aromatic carbocycles. The average molecular weight is 446 g/mol. The quantitative estimate of drug-likeness (QED) is 0.672. The molecule has 9 heteroatoms. The van der Waals surface area contributed by atoms with E-state index in [1.807, 2.05) is 0 Å². The average Bonchev–Trinajstić information content (AvgIpc) is 2.89. The lowest BCUT2D eigenvalue weighted by molar-refractivity contribution is -0.0832. The third kappa shape index (κ3) is 3.40. The Morgan fingerprint density at radius 3 is 2.62 bits per heavy atom. The second kappa shape index (κ2) is 7.81. The second-order valence-corrected chi connectivity index (χ2v) is 8.87. The second-order valence-electron chi connectivity index (χ2n) is 8.87. The van der Waals surface area contributed by atoms with Crippen molar-refractivity contribution in [2.24, 2.45) is 5.41 Å². The van der Waals surface area contributed by atoms with Crippen molar-refractivity contribution in [3.63, 3.8) is 0 Å². The standard InChI is InChI=1S/C23H24F2N2O5/c1-22-7-3-2-4-8-23(22,32)12-27-11-15(18(28)19(29)17(27)20(22)30)21(31)26-10-13-5-6-14(24)9-16(13)25/h5-6,9,11,29,32H,2-4,7-8,10,12H2,1H3,(H,26,31)/t22-,23?/m1/s1. The number of amides is 1. The first-order valence-electron chi connectivity index (χ1n) is 10.5. The van der Waals surface area contributed by atoms with Crippen molar-refractivity contribution >= 4 is 11.7 Å². The number of aliphatic hydroxyl groups is 1. The van der Waals surface area contributed by atoms with Crippen molar-refractivity contribution in [1.82, 2.24) is 9.88 Å². The fourth-order valence-electron chi connectivity index (χ4n) is 4.81. The number of nitrogens with one attached hydrogen (secondary N) is 1. The zero-order valence-electron chi connectivity index (χ0n) is 17.6. The van der Waals surface area contributed by atoms with Crippen molar-refractivity contribution in [1.29, 1.82) is 0 Å². The number of nitrogens with zero attached hydrogens (tertiary/aromatic N) is 1. The van der Waals surface area contributed by atoms with Crippen LogP contribution in [0.25, 0.3) is 0 Å². The number of carbonyl (C=O) groups is 2. The predicted octanol–water partition coefficient (Wildman–Crippen LogP) is 2.66. The van der Waals surface area contributed by atoms with Crippen LogP contribution in [-0.2, 0) is 13.1 Å². The van der Waals surface area contributed by atoms with Gasteiger partial charge in [-0.15, -0.1) is 0 Å². The Bertz CT molecular complexity index is 1180. The van der Waals surface area contributed by atoms with Gasteiger partial charge in [-0.05, 0) is 25.8 Å². The Kier molecular flexibility index (Phi) is 5.40. The minimum Gasteiger partial charge on any atom is -0.503 e. The molecule has 170 valence electrons. The summed E-state index contributed by atoms with van der Waals surface area (Å²) >= 11 is 0. The number of halogens is 2. The largest absolute Gasteiger partial charge is 0.503 e. The van der Waals surface area contributed by atoms with Gasteiger partial charge in [-0.3, -0.25) is 14.4 Å². The van der Waals surface area contributed by atoms with Crippen LogP contribution in [0.2, 0.25) is 0 Å². The molecule has 0 spiro atoms. The summed E-state index contributed by atoms with van der Waals surface area (Å²) in [4.78, 5) is 38.6. The van der Waals surface area contributed by atoms with Crippen molar-refractivity contribution in [2.75, 3.05) is 0 Å². The first kappa shape index (κ1) is 22.1. The zero-order chi connectivity index (χ0) is 23.3. The Morgan fingerprint density at radius 2 is 1.91 bits per heavy atom. The van der Waals surface area contributed by atoms with Crippen LogP contribution in [0.15, 0.2) is 29.2 Å². The fourth-order valence-corrected chi connectivity index (χ4v) is 4.81. The molecule has 2 atom stereocenters. The van der Waals surface area contributed by atoms with Gasteiger partial charge in [-0.1, -0.05) is 25.3 Å². The minimum absolute atomic E-state index is 0.0146. The summed E-state index contributed by atoms with van der Waals surface area (Å²) in [5, 5.41) is 24.3. The molecule has 4 rings (SSSR count). The van der Waals surface area contributed by atoms with Crippen LogP contribution in [0.4, 0.5) is 8.78 Å². The van der Waals surface area contributed by atoms with Crippen LogP contribution < -0.4 is 10.7 Å². The highest BCUT2D eigenvalue weighted by Gasteiger charge is 2.56. The third-order valence-corrected chi connectivity index (χ3v) is 6.90. The summed E-state index contributed by atoms with van der Waals surface area (Å²) in [6, 6.07) is 2.89. The molecular weight excluding hydrogens is 422 g/mol. The summed E-state index contributed by atoms with van der Waals surface area (Å²) in [6.45, 7) is 1.30. The summed E-state index contributed by atoms with van der Waals surface area (Å²) in [5.41, 5.74) is -4.19. The summed E-state index contributed by atoms with van der Waals surface area (Å²) in [6.07, 6.45) is 4.30. The first-order valence-corrected chi connectivity index (χ1v) is 10.5. The normalized spacial score (nSPS) is 24.9. The maximum atomic E-state index is 13.8. The van der Waals surface area contributed by atoms with E-state index in [1.165, 1.54) is 10.6 Å². The van der Waals surface area contributed by atoms with Crippen molar-refractivity contribution in [3.05, 3.63) is 63.1 Å². The number of rotatable bonds is 3. The zero-order valence-corrected chi connectivity index (χ0v) is 17.6. The molecule has 2 aromatic rings. The minimum atomic E-state index is -1.37. The van der Waals surface area contributed by atoms with Gasteiger partial charge in [0, 0.05) is 24.4 Å². The smallest absolute Gasteiger partial charge is 0.257 e. The molecule has 32 heavy (non-hydrogen) atoms. The number of hydrogen-bond acceptors (Lipinski definition) is 5. The number of carbonyl (C=O) groups excluding carboxylic acids is 2. The Balaban J connectivity index is 1.68. The molecule has 1 aliphatic carbocycles. The van der Waals surface area contributed by atoms with Gasteiger partial charge in [0.15, 0.2) is 11.5 Å². The molecule has 7 nitrogen and oxygen atoms in total. The molecule has 1 fully saturated rings. The van der Waals surface area contributed by atoms with Crippen molar-refractivity contribution in [3.8, 4) is 5.75 Å². The van der Waals surface area contributed by atoms with Crippen LogP contribution in [0.1, 0.15) is 65.4 Å². The van der Waals surface area contributed by atoms with E-state index in [2.05, 4.69) is 5.32 Å². The van der Waals surface area contributed by atoms with Gasteiger partial charge in [0.05, 0.1) is 17.6 Å². The lowest BCUT2D eigenvalue weighted by Crippen LogP contribution is -2.58. The predicted molar refractivity (Wildman–Crippen MR) is 110 cm³/mol. The molecule has 1 saturated carbocycles. The van der Waals surface area contributed by atoms with E-state index in [1.54, 1.807) is 6.92 Å². The fraction of sp³-hybridized carbons (Fsp3) is 0.435. The number of pyridine rings is 1. The summed E-state index contributed by atoms with van der Waals surface area (Å²) in [5.74, 6) is -3.87. The lowest BCUT2D eigenvalue weighted by atomic mass is 9.64. The molecular formula is C23H24F2N2O5. The van der Waals surface area contributed by atoms with Gasteiger partial charge in [0.2, 0.25) is 5.43 Å². The number of benzene rings is 1. The maximum Gasteiger partial charge on any atom is 0.257 e. The van der Waals surface area contributed by atoms with Gasteiger partial charge in [-0.2, -0.15) is 0 Å². The number of aromatic nitrogens is 1. The first-order chi connectivity index (χ1) is 15.1. The molecule has 2 aliphatic rings. The van der Waals surface area contributed by atoms with Crippen LogP contribution in [0.5, 0.6) is 5.75 Å². The van der Waals surface area contributed by atoms with Gasteiger partial charge < -0.3 is 20.1 Å². The summed E-state index contributed by atoms with van der Waals surface area (Å²) < 4.78 is 28.1. The number of hydrogen-bond donors (Lipinski definition) is 3. The van der Waals surface area contributed by atoms with E-state index >= 15 is 0 Å². The number of aromatic hydroxyl groups is 1. The Morgan fingerprint density at radius 1 is 1.19 bits per heavy atom. The lowest BCUT2D eigenvalue weighted by Gasteiger charge is -2.47. The summed E-state index contributed by atoms with van der Waals surface area (Å²) in [7, 11) is 0. The highest BCUT2D eigenvalue weighted by Crippen LogP contribution is 2.49. The van der Waals surface area contributed by atoms with Crippen LogP contribution >= 0.6 is 0 Å². The van der Waals surface area contributed by atoms with E-state index in [0.717, 1.165) is 31.5 Å². The SMILES string of the molecule is C[C@]12CCCCCC1(O)Cn1cc(C(=O)NCc3ccc(F)cc3F)c(=O)c(O)c1C2=O. The maximum absolute atomic E-state index is 13.8. The topological polar surface area (TPSA) is 109 Å². The van der Waals surface area contributed by atoms with Gasteiger partial charge in [0.1, 0.15) is 22.9 Å². The Labute approximate surface area is 182 Å². The van der Waals surface area contributed by atoms with Crippen LogP contribution in [0, 0.1) is 17.0 Å². The molecule has 0 saturated heterocycles. The molecule has 0 radical (unpaired) electrons. The van der Waals surface area contributed by atoms with E-state index < -0.39 is 51.1 Å². The molecule has 1 unspecified atom stereocenters. The van der Waals surface area contributed by atoms with E-state index in [-0.39, 0.29) is 24.3 Å². The molecule has 1 aliphatic heterocycles. The third-order valence-electron chi connectivity index (χ3n) is 6.90. The number of ketones is 1. The number of fused-ring (bicyclic) bond motifs is 2. The highest BCUT2D eigenvalue weighted by atomic mass is 19.1. The van der Waals surface area contributed by atoms with Gasteiger partial charge >= 0.3 is 0 Å². The monoisotopic (exact) mass is 446 g/mol. The van der Waals surface area contributed by atoms with Crippen LogP contribution in [-0.4, -0.2) is 32.1 Å². The molecule has 1 amide bonds. The molecule has 2 heterocycles.